The number of carbonyl (C=O) groups is 2. The molecule has 0 radical (unpaired) electrons. The topological polar surface area (TPSA) is 66.4 Å². The second-order valence-electron chi connectivity index (χ2n) is 5.96. The number of piperazine rings is 1. The first-order valence-corrected chi connectivity index (χ1v) is 9.40. The van der Waals surface area contributed by atoms with Crippen LogP contribution in [0.4, 0.5) is 0 Å². The van der Waals surface area contributed by atoms with Crippen molar-refractivity contribution >= 4 is 23.6 Å². The van der Waals surface area contributed by atoms with Crippen LogP contribution in [0.5, 0.6) is 0 Å². The van der Waals surface area contributed by atoms with Gasteiger partial charge in [0.1, 0.15) is 0 Å². The van der Waals surface area contributed by atoms with E-state index in [0.29, 0.717) is 42.7 Å². The van der Waals surface area contributed by atoms with Gasteiger partial charge >= 0.3 is 0 Å². The van der Waals surface area contributed by atoms with Gasteiger partial charge in [0, 0.05) is 43.1 Å². The highest BCUT2D eigenvalue weighted by Crippen LogP contribution is 2.16. The van der Waals surface area contributed by atoms with E-state index in [1.165, 1.54) is 17.8 Å². The molecule has 0 aliphatic carbocycles. The predicted molar refractivity (Wildman–Crippen MR) is 104 cm³/mol. The first-order valence-electron chi connectivity index (χ1n) is 8.42. The minimum atomic E-state index is -0.0787. The second-order valence-corrected chi connectivity index (χ2v) is 6.90. The Balaban J connectivity index is 1.86. The molecule has 138 valence electrons. The normalized spacial score (nSPS) is 14.9. The third kappa shape index (κ3) is 5.29. The van der Waals surface area contributed by atoms with Crippen molar-refractivity contribution in [3.05, 3.63) is 54.4 Å². The first-order chi connectivity index (χ1) is 12.4. The van der Waals surface area contributed by atoms with Crippen molar-refractivity contribution in [2.24, 2.45) is 0 Å². The van der Waals surface area contributed by atoms with Crippen LogP contribution in [0, 0.1) is 13.8 Å². The van der Waals surface area contributed by atoms with E-state index < -0.39 is 0 Å². The molecule has 6 nitrogen and oxygen atoms in total. The number of allylic oxidation sites excluding steroid dienone is 2. The monoisotopic (exact) mass is 372 g/mol. The lowest BCUT2D eigenvalue weighted by atomic mass is 10.2. The summed E-state index contributed by atoms with van der Waals surface area (Å²) in [6.07, 6.45) is 4.75. The molecule has 0 saturated carbocycles. The zero-order valence-electron chi connectivity index (χ0n) is 15.3. The molecule has 2 heterocycles. The molecule has 0 N–H and O–H groups in total. The van der Waals surface area contributed by atoms with E-state index in [-0.39, 0.29) is 11.8 Å². The smallest absolute Gasteiger partial charge is 0.253 e. The summed E-state index contributed by atoms with van der Waals surface area (Å²) in [5, 5.41) is 0.620. The fraction of sp³-hybridized carbons (Fsp3) is 0.368. The fourth-order valence-corrected chi connectivity index (χ4v) is 3.52. The molecule has 26 heavy (non-hydrogen) atoms. The average Bonchev–Trinajstić information content (AvgIpc) is 2.63. The van der Waals surface area contributed by atoms with Crippen LogP contribution in [0.25, 0.3) is 0 Å². The van der Waals surface area contributed by atoms with Gasteiger partial charge in [0.15, 0.2) is 5.16 Å². The first kappa shape index (κ1) is 19.9. The van der Waals surface area contributed by atoms with E-state index >= 15 is 0 Å². The molecule has 0 atom stereocenters. The van der Waals surface area contributed by atoms with Gasteiger partial charge in [-0.1, -0.05) is 43.1 Å². The molecule has 0 bridgehead atoms. The molecule has 1 aliphatic rings. The molecule has 0 spiro atoms. The summed E-state index contributed by atoms with van der Waals surface area (Å²) >= 11 is 1.35. The summed E-state index contributed by atoms with van der Waals surface area (Å²) in [7, 11) is 0. The average molecular weight is 372 g/mol. The SMILES string of the molecule is C=C/C=C(\C=C)C(=O)N1CCN(C(=O)CSc2nc(C)cc(C)n2)CC1. The Bertz CT molecular complexity index is 717. The van der Waals surface area contributed by atoms with Crippen LogP contribution in [0.2, 0.25) is 0 Å². The Hall–Kier alpha value is -2.41. The van der Waals surface area contributed by atoms with Gasteiger partial charge < -0.3 is 9.80 Å². The van der Waals surface area contributed by atoms with Crippen molar-refractivity contribution in [2.75, 3.05) is 31.9 Å². The minimum absolute atomic E-state index is 0.0374. The van der Waals surface area contributed by atoms with Crippen molar-refractivity contribution in [3.63, 3.8) is 0 Å². The number of rotatable bonds is 6. The van der Waals surface area contributed by atoms with Gasteiger partial charge in [-0.05, 0) is 19.9 Å². The Labute approximate surface area is 158 Å². The standard InChI is InChI=1S/C19H24N4O2S/c1-5-7-16(6-2)18(25)23-10-8-22(9-11-23)17(24)13-26-19-20-14(3)12-15(4)21-19/h5-7,12H,1-2,8-11,13H2,3-4H3/b16-7+. The molecule has 0 unspecified atom stereocenters. The Morgan fingerprint density at radius 2 is 1.69 bits per heavy atom. The van der Waals surface area contributed by atoms with Gasteiger partial charge in [-0.2, -0.15) is 0 Å². The maximum atomic E-state index is 12.4. The van der Waals surface area contributed by atoms with Crippen molar-refractivity contribution in [2.45, 2.75) is 19.0 Å². The van der Waals surface area contributed by atoms with Crippen LogP contribution in [-0.4, -0.2) is 63.5 Å². The number of hydrogen-bond donors (Lipinski definition) is 0. The lowest BCUT2D eigenvalue weighted by Gasteiger charge is -2.35. The van der Waals surface area contributed by atoms with E-state index in [2.05, 4.69) is 23.1 Å². The second kappa shape index (κ2) is 9.33. The van der Waals surface area contributed by atoms with Crippen LogP contribution in [-0.2, 0) is 9.59 Å². The predicted octanol–water partition coefficient (Wildman–Crippen LogP) is 2.15. The number of carbonyl (C=O) groups excluding carboxylic acids is 2. The molecule has 0 aromatic carbocycles. The molecule has 1 fully saturated rings. The van der Waals surface area contributed by atoms with Crippen LogP contribution in [0.15, 0.2) is 48.2 Å². The molecule has 1 aromatic heterocycles. The quantitative estimate of drug-likeness (QED) is 0.331. The number of hydrogen-bond acceptors (Lipinski definition) is 5. The number of amides is 2. The van der Waals surface area contributed by atoms with E-state index in [4.69, 9.17) is 0 Å². The highest BCUT2D eigenvalue weighted by Gasteiger charge is 2.25. The summed E-state index contributed by atoms with van der Waals surface area (Å²) in [6, 6.07) is 1.90. The number of thioether (sulfide) groups is 1. The van der Waals surface area contributed by atoms with Crippen molar-refractivity contribution in [1.82, 2.24) is 19.8 Å². The van der Waals surface area contributed by atoms with Crippen LogP contribution < -0.4 is 0 Å². The summed E-state index contributed by atoms with van der Waals surface area (Å²) < 4.78 is 0. The van der Waals surface area contributed by atoms with Crippen molar-refractivity contribution < 1.29 is 9.59 Å². The zero-order valence-corrected chi connectivity index (χ0v) is 16.1. The van der Waals surface area contributed by atoms with Gasteiger partial charge in [-0.15, -0.1) is 0 Å². The zero-order chi connectivity index (χ0) is 19.1. The van der Waals surface area contributed by atoms with E-state index in [1.807, 2.05) is 19.9 Å². The summed E-state index contributed by atoms with van der Waals surface area (Å²) in [5.41, 5.74) is 2.30. The lowest BCUT2D eigenvalue weighted by Crippen LogP contribution is -2.51. The van der Waals surface area contributed by atoms with Crippen LogP contribution >= 0.6 is 11.8 Å². The van der Waals surface area contributed by atoms with E-state index in [9.17, 15) is 9.59 Å². The number of aromatic nitrogens is 2. The highest BCUT2D eigenvalue weighted by atomic mass is 32.2. The van der Waals surface area contributed by atoms with Gasteiger partial charge in [-0.3, -0.25) is 9.59 Å². The maximum Gasteiger partial charge on any atom is 0.253 e. The highest BCUT2D eigenvalue weighted by molar-refractivity contribution is 7.99. The van der Waals surface area contributed by atoms with Gasteiger partial charge in [0.25, 0.3) is 5.91 Å². The lowest BCUT2D eigenvalue weighted by molar-refractivity contribution is -0.135. The number of aryl methyl sites for hydroxylation is 2. The molecule has 1 aromatic rings. The molecular weight excluding hydrogens is 348 g/mol. The fourth-order valence-electron chi connectivity index (χ4n) is 2.67. The molecule has 7 heteroatoms. The minimum Gasteiger partial charge on any atom is -0.338 e. The summed E-state index contributed by atoms with van der Waals surface area (Å²) in [6.45, 7) is 13.2. The van der Waals surface area contributed by atoms with Crippen LogP contribution in [0.3, 0.4) is 0 Å². The van der Waals surface area contributed by atoms with Gasteiger partial charge in [0.05, 0.1) is 5.75 Å². The van der Waals surface area contributed by atoms with Crippen LogP contribution in [0.1, 0.15) is 11.4 Å². The largest absolute Gasteiger partial charge is 0.338 e. The van der Waals surface area contributed by atoms with Crippen molar-refractivity contribution in [1.29, 1.82) is 0 Å². The molecule has 2 amide bonds. The Morgan fingerprint density at radius 1 is 1.12 bits per heavy atom. The molecule has 1 aliphatic heterocycles. The summed E-state index contributed by atoms with van der Waals surface area (Å²) in [5.74, 6) is 0.255. The molecular formula is C19H24N4O2S. The van der Waals surface area contributed by atoms with Crippen molar-refractivity contribution in [3.8, 4) is 0 Å². The third-order valence-corrected chi connectivity index (χ3v) is 4.80. The molecule has 2 rings (SSSR count). The van der Waals surface area contributed by atoms with E-state index in [0.717, 1.165) is 11.4 Å². The Kier molecular flexibility index (Phi) is 7.15. The third-order valence-electron chi connectivity index (χ3n) is 3.97. The maximum absolute atomic E-state index is 12.4. The Morgan fingerprint density at radius 3 is 2.23 bits per heavy atom. The van der Waals surface area contributed by atoms with Gasteiger partial charge in [-0.25, -0.2) is 9.97 Å². The van der Waals surface area contributed by atoms with E-state index in [1.54, 1.807) is 22.0 Å². The number of nitrogens with zero attached hydrogens (tertiary/aromatic N) is 4. The van der Waals surface area contributed by atoms with Gasteiger partial charge in [0.2, 0.25) is 5.91 Å². The molecule has 1 saturated heterocycles. The summed E-state index contributed by atoms with van der Waals surface area (Å²) in [4.78, 5) is 37.0.